The fourth-order valence-electron chi connectivity index (χ4n) is 2.25. The largest absolute Gasteiger partial charge is 0.324 e. The average Bonchev–Trinajstić information content (AvgIpc) is 2.60. The first-order valence-corrected chi connectivity index (χ1v) is 8.79. The van der Waals surface area contributed by atoms with Gasteiger partial charge in [0.2, 0.25) is 5.91 Å². The maximum Gasteiger partial charge on any atom is 0.234 e. The summed E-state index contributed by atoms with van der Waals surface area (Å²) < 4.78 is 0. The third kappa shape index (κ3) is 4.08. The molecule has 5 nitrogen and oxygen atoms in total. The summed E-state index contributed by atoms with van der Waals surface area (Å²) in [6, 6.07) is 14.4. The van der Waals surface area contributed by atoms with Crippen molar-refractivity contribution in [2.45, 2.75) is 11.9 Å². The van der Waals surface area contributed by atoms with Crippen LogP contribution in [0, 0.1) is 18.3 Å². The van der Waals surface area contributed by atoms with E-state index < -0.39 is 0 Å². The summed E-state index contributed by atoms with van der Waals surface area (Å²) in [7, 11) is 0. The minimum absolute atomic E-state index is 0.158. The molecule has 1 heterocycles. The molecule has 1 amide bonds. The van der Waals surface area contributed by atoms with Gasteiger partial charge in [-0.25, -0.2) is 9.97 Å². The number of hydrogen-bond acceptors (Lipinski definition) is 5. The van der Waals surface area contributed by atoms with E-state index in [0.29, 0.717) is 21.3 Å². The number of nitriles is 1. The molecule has 124 valence electrons. The lowest BCUT2D eigenvalue weighted by atomic mass is 10.2. The van der Waals surface area contributed by atoms with Crippen molar-refractivity contribution in [2.75, 3.05) is 11.1 Å². The SMILES string of the molecule is Cc1nc2ccccc2nc1SCC(=O)Nc1cc(Cl)ccc1C#N. The Morgan fingerprint density at radius 3 is 2.68 bits per heavy atom. The van der Waals surface area contributed by atoms with Crippen LogP contribution in [0.4, 0.5) is 5.69 Å². The number of carbonyl (C=O) groups is 1. The maximum absolute atomic E-state index is 12.2. The predicted molar refractivity (Wildman–Crippen MR) is 99.8 cm³/mol. The number of carbonyl (C=O) groups excluding carboxylic acids is 1. The molecule has 0 bridgehead atoms. The molecule has 1 N–H and O–H groups in total. The number of aryl methyl sites for hydroxylation is 1. The zero-order chi connectivity index (χ0) is 17.8. The van der Waals surface area contributed by atoms with Gasteiger partial charge in [0.1, 0.15) is 11.1 Å². The first-order valence-electron chi connectivity index (χ1n) is 7.42. The van der Waals surface area contributed by atoms with Crippen LogP contribution < -0.4 is 5.32 Å². The highest BCUT2D eigenvalue weighted by atomic mass is 35.5. The Kier molecular flexibility index (Phi) is 5.17. The minimum Gasteiger partial charge on any atom is -0.324 e. The monoisotopic (exact) mass is 368 g/mol. The number of nitrogens with zero attached hydrogens (tertiary/aromatic N) is 3. The second kappa shape index (κ2) is 7.51. The van der Waals surface area contributed by atoms with E-state index in [1.54, 1.807) is 18.2 Å². The number of nitrogens with one attached hydrogen (secondary N) is 1. The van der Waals surface area contributed by atoms with Gasteiger partial charge in [0.05, 0.1) is 33.7 Å². The maximum atomic E-state index is 12.2. The van der Waals surface area contributed by atoms with Gasteiger partial charge < -0.3 is 5.32 Å². The average molecular weight is 369 g/mol. The lowest BCUT2D eigenvalue weighted by molar-refractivity contribution is -0.113. The fraction of sp³-hybridized carbons (Fsp3) is 0.111. The molecule has 0 unspecified atom stereocenters. The van der Waals surface area contributed by atoms with Crippen LogP contribution in [-0.2, 0) is 4.79 Å². The van der Waals surface area contributed by atoms with Gasteiger partial charge in [-0.15, -0.1) is 0 Å². The zero-order valence-electron chi connectivity index (χ0n) is 13.3. The number of benzene rings is 2. The van der Waals surface area contributed by atoms with Crippen molar-refractivity contribution in [3.63, 3.8) is 0 Å². The molecular weight excluding hydrogens is 356 g/mol. The molecule has 1 aromatic heterocycles. The molecule has 25 heavy (non-hydrogen) atoms. The molecule has 3 rings (SSSR count). The summed E-state index contributed by atoms with van der Waals surface area (Å²) in [6.07, 6.45) is 0. The van der Waals surface area contributed by atoms with Crippen LogP contribution in [0.25, 0.3) is 11.0 Å². The number of para-hydroxylation sites is 2. The molecule has 7 heteroatoms. The number of halogens is 1. The number of rotatable bonds is 4. The Morgan fingerprint density at radius 2 is 1.96 bits per heavy atom. The molecule has 0 fully saturated rings. The van der Waals surface area contributed by atoms with Crippen LogP contribution in [0.5, 0.6) is 0 Å². The Morgan fingerprint density at radius 1 is 1.24 bits per heavy atom. The predicted octanol–water partition coefficient (Wildman–Crippen LogP) is 4.19. The van der Waals surface area contributed by atoms with Crippen molar-refractivity contribution < 1.29 is 4.79 Å². The van der Waals surface area contributed by atoms with E-state index in [0.717, 1.165) is 16.7 Å². The van der Waals surface area contributed by atoms with Gasteiger partial charge in [-0.1, -0.05) is 35.5 Å². The lowest BCUT2D eigenvalue weighted by Crippen LogP contribution is -2.15. The number of fused-ring (bicyclic) bond motifs is 1. The molecule has 0 radical (unpaired) electrons. The number of amides is 1. The summed E-state index contributed by atoms with van der Waals surface area (Å²) in [5, 5.41) is 13.0. The van der Waals surface area contributed by atoms with Gasteiger partial charge in [0.25, 0.3) is 0 Å². The Hall–Kier alpha value is -2.62. The van der Waals surface area contributed by atoms with Gasteiger partial charge >= 0.3 is 0 Å². The molecular formula is C18H13ClN4OS. The van der Waals surface area contributed by atoms with Crippen molar-refractivity contribution in [1.82, 2.24) is 9.97 Å². The summed E-state index contributed by atoms with van der Waals surface area (Å²) in [4.78, 5) is 21.3. The van der Waals surface area contributed by atoms with E-state index in [2.05, 4.69) is 15.3 Å². The number of anilines is 1. The molecule has 3 aromatic rings. The summed E-state index contributed by atoms with van der Waals surface area (Å²) >= 11 is 7.23. The quantitative estimate of drug-likeness (QED) is 0.698. The Bertz CT molecular complexity index is 1000. The second-order valence-electron chi connectivity index (χ2n) is 5.24. The van der Waals surface area contributed by atoms with Crippen molar-refractivity contribution in [3.05, 3.63) is 58.7 Å². The molecule has 2 aromatic carbocycles. The number of aromatic nitrogens is 2. The Labute approximate surface area is 154 Å². The molecule has 0 saturated carbocycles. The van der Waals surface area contributed by atoms with Gasteiger partial charge in [-0.05, 0) is 37.3 Å². The van der Waals surface area contributed by atoms with Crippen LogP contribution in [0.3, 0.4) is 0 Å². The zero-order valence-corrected chi connectivity index (χ0v) is 14.9. The molecule has 0 spiro atoms. The minimum atomic E-state index is -0.238. The standard InChI is InChI=1S/C18H13ClN4OS/c1-11-18(23-15-5-3-2-4-14(15)21-11)25-10-17(24)22-16-8-13(19)7-6-12(16)9-20/h2-8H,10H2,1H3,(H,22,24). The van der Waals surface area contributed by atoms with E-state index in [1.807, 2.05) is 37.3 Å². The smallest absolute Gasteiger partial charge is 0.234 e. The van der Waals surface area contributed by atoms with E-state index >= 15 is 0 Å². The van der Waals surface area contributed by atoms with Gasteiger partial charge in [0.15, 0.2) is 0 Å². The van der Waals surface area contributed by atoms with Gasteiger partial charge in [0, 0.05) is 5.02 Å². The highest BCUT2D eigenvalue weighted by molar-refractivity contribution is 8.00. The highest BCUT2D eigenvalue weighted by Crippen LogP contribution is 2.24. The second-order valence-corrected chi connectivity index (χ2v) is 6.64. The third-order valence-electron chi connectivity index (χ3n) is 3.42. The van der Waals surface area contributed by atoms with E-state index in [-0.39, 0.29) is 11.7 Å². The first kappa shape index (κ1) is 17.2. The summed E-state index contributed by atoms with van der Waals surface area (Å²) in [5.41, 5.74) is 3.16. The summed E-state index contributed by atoms with van der Waals surface area (Å²) in [5.74, 6) is -0.0799. The first-order chi connectivity index (χ1) is 12.1. The van der Waals surface area contributed by atoms with Crippen molar-refractivity contribution in [3.8, 4) is 6.07 Å². The van der Waals surface area contributed by atoms with Crippen molar-refractivity contribution in [1.29, 1.82) is 5.26 Å². The van der Waals surface area contributed by atoms with Gasteiger partial charge in [-0.2, -0.15) is 5.26 Å². The number of thioether (sulfide) groups is 1. The third-order valence-corrected chi connectivity index (χ3v) is 4.72. The van der Waals surface area contributed by atoms with E-state index in [4.69, 9.17) is 16.9 Å². The molecule has 0 aliphatic heterocycles. The van der Waals surface area contributed by atoms with Crippen LogP contribution >= 0.6 is 23.4 Å². The normalized spacial score (nSPS) is 10.4. The summed E-state index contributed by atoms with van der Waals surface area (Å²) in [6.45, 7) is 1.87. The van der Waals surface area contributed by atoms with Crippen LogP contribution in [-0.4, -0.2) is 21.6 Å². The molecule has 0 aliphatic carbocycles. The van der Waals surface area contributed by atoms with Crippen molar-refractivity contribution >= 4 is 46.0 Å². The molecule has 0 saturated heterocycles. The highest BCUT2D eigenvalue weighted by Gasteiger charge is 2.11. The van der Waals surface area contributed by atoms with E-state index in [9.17, 15) is 4.79 Å². The van der Waals surface area contributed by atoms with Crippen LogP contribution in [0.1, 0.15) is 11.3 Å². The van der Waals surface area contributed by atoms with Crippen molar-refractivity contribution in [2.24, 2.45) is 0 Å². The van der Waals surface area contributed by atoms with Crippen LogP contribution in [0.15, 0.2) is 47.5 Å². The molecule has 0 aliphatic rings. The topological polar surface area (TPSA) is 78.7 Å². The van der Waals surface area contributed by atoms with Crippen LogP contribution in [0.2, 0.25) is 5.02 Å². The number of hydrogen-bond donors (Lipinski definition) is 1. The lowest BCUT2D eigenvalue weighted by Gasteiger charge is -2.08. The Balaban J connectivity index is 1.72. The fourth-order valence-corrected chi connectivity index (χ4v) is 3.18. The van der Waals surface area contributed by atoms with E-state index in [1.165, 1.54) is 11.8 Å². The van der Waals surface area contributed by atoms with Gasteiger partial charge in [-0.3, -0.25) is 4.79 Å². The molecule has 0 atom stereocenters.